The summed E-state index contributed by atoms with van der Waals surface area (Å²) >= 11 is 0. The molecule has 1 fully saturated rings. The van der Waals surface area contributed by atoms with Crippen LogP contribution in [0.25, 0.3) is 11.5 Å². The monoisotopic (exact) mass is 275 g/mol. The fourth-order valence-corrected chi connectivity index (χ4v) is 2.26. The average molecular weight is 275 g/mol. The Labute approximate surface area is 116 Å². The number of hydrogen-bond acceptors (Lipinski definition) is 6. The van der Waals surface area contributed by atoms with Crippen LogP contribution in [0, 0.1) is 0 Å². The summed E-state index contributed by atoms with van der Waals surface area (Å²) in [5.41, 5.74) is 7.21. The van der Waals surface area contributed by atoms with E-state index in [0.717, 1.165) is 18.7 Å². The van der Waals surface area contributed by atoms with E-state index in [2.05, 4.69) is 10.1 Å². The first-order valence-corrected chi connectivity index (χ1v) is 6.58. The zero-order valence-electron chi connectivity index (χ0n) is 11.5. The van der Waals surface area contributed by atoms with Crippen molar-refractivity contribution in [3.63, 3.8) is 0 Å². The minimum absolute atomic E-state index is 0.422. The number of rotatable bonds is 4. The number of benzene rings is 1. The molecule has 0 saturated heterocycles. The SMILES string of the molecule is COc1cc(N)c(-c2nc(C3CCC3)no2)cc1OC. The Kier molecular flexibility index (Phi) is 3.22. The summed E-state index contributed by atoms with van der Waals surface area (Å²) < 4.78 is 15.8. The molecule has 6 heteroatoms. The van der Waals surface area contributed by atoms with E-state index in [9.17, 15) is 0 Å². The number of ether oxygens (including phenoxy) is 2. The molecule has 1 heterocycles. The van der Waals surface area contributed by atoms with Crippen LogP contribution in [-0.2, 0) is 0 Å². The highest BCUT2D eigenvalue weighted by molar-refractivity contribution is 5.75. The van der Waals surface area contributed by atoms with Gasteiger partial charge in [-0.1, -0.05) is 11.6 Å². The van der Waals surface area contributed by atoms with Gasteiger partial charge in [-0.05, 0) is 18.9 Å². The lowest BCUT2D eigenvalue weighted by Crippen LogP contribution is -2.10. The number of methoxy groups -OCH3 is 2. The van der Waals surface area contributed by atoms with Crippen molar-refractivity contribution in [1.29, 1.82) is 0 Å². The van der Waals surface area contributed by atoms with Crippen molar-refractivity contribution in [3.05, 3.63) is 18.0 Å². The third-order valence-corrected chi connectivity index (χ3v) is 3.70. The molecule has 2 N–H and O–H groups in total. The van der Waals surface area contributed by atoms with Gasteiger partial charge in [-0.15, -0.1) is 0 Å². The second-order valence-electron chi connectivity index (χ2n) is 4.88. The van der Waals surface area contributed by atoms with E-state index in [1.54, 1.807) is 26.4 Å². The Morgan fingerprint density at radius 1 is 1.20 bits per heavy atom. The molecule has 20 heavy (non-hydrogen) atoms. The first kappa shape index (κ1) is 12.8. The maximum Gasteiger partial charge on any atom is 0.260 e. The fourth-order valence-electron chi connectivity index (χ4n) is 2.26. The topological polar surface area (TPSA) is 83.4 Å². The van der Waals surface area contributed by atoms with Gasteiger partial charge in [0.25, 0.3) is 5.89 Å². The zero-order valence-corrected chi connectivity index (χ0v) is 11.5. The van der Waals surface area contributed by atoms with Gasteiger partial charge in [0.1, 0.15) is 0 Å². The molecular weight excluding hydrogens is 258 g/mol. The molecule has 3 rings (SSSR count). The minimum Gasteiger partial charge on any atom is -0.493 e. The first-order valence-electron chi connectivity index (χ1n) is 6.58. The van der Waals surface area contributed by atoms with Gasteiger partial charge in [-0.3, -0.25) is 0 Å². The highest BCUT2D eigenvalue weighted by atomic mass is 16.5. The van der Waals surface area contributed by atoms with Gasteiger partial charge in [-0.2, -0.15) is 4.98 Å². The quantitative estimate of drug-likeness (QED) is 0.863. The van der Waals surface area contributed by atoms with Crippen LogP contribution in [0.15, 0.2) is 16.7 Å². The Morgan fingerprint density at radius 3 is 2.50 bits per heavy atom. The number of hydrogen-bond donors (Lipinski definition) is 1. The fraction of sp³-hybridized carbons (Fsp3) is 0.429. The highest BCUT2D eigenvalue weighted by Crippen LogP contribution is 2.39. The molecule has 0 unspecified atom stereocenters. The molecule has 1 saturated carbocycles. The number of anilines is 1. The van der Waals surface area contributed by atoms with Crippen molar-refractivity contribution in [3.8, 4) is 23.0 Å². The number of nitrogen functional groups attached to an aromatic ring is 1. The van der Waals surface area contributed by atoms with Crippen LogP contribution in [0.4, 0.5) is 5.69 Å². The second kappa shape index (κ2) is 5.03. The lowest BCUT2D eigenvalue weighted by Gasteiger charge is -2.20. The summed E-state index contributed by atoms with van der Waals surface area (Å²) in [6.07, 6.45) is 3.48. The molecule has 2 aromatic rings. The molecule has 1 aliphatic carbocycles. The third kappa shape index (κ3) is 2.07. The molecule has 0 radical (unpaired) electrons. The van der Waals surface area contributed by atoms with E-state index in [-0.39, 0.29) is 0 Å². The zero-order chi connectivity index (χ0) is 14.1. The Bertz CT molecular complexity index is 620. The van der Waals surface area contributed by atoms with Crippen LogP contribution < -0.4 is 15.2 Å². The van der Waals surface area contributed by atoms with Gasteiger partial charge in [0, 0.05) is 17.7 Å². The van der Waals surface area contributed by atoms with Gasteiger partial charge in [0.05, 0.1) is 19.8 Å². The van der Waals surface area contributed by atoms with Crippen molar-refractivity contribution >= 4 is 5.69 Å². The average Bonchev–Trinajstić information content (AvgIpc) is 2.85. The molecule has 0 spiro atoms. The van der Waals surface area contributed by atoms with Crippen LogP contribution in [0.2, 0.25) is 0 Å². The van der Waals surface area contributed by atoms with Crippen LogP contribution in [0.5, 0.6) is 11.5 Å². The van der Waals surface area contributed by atoms with Crippen LogP contribution in [0.1, 0.15) is 31.0 Å². The molecular formula is C14H17N3O3. The molecule has 0 aliphatic heterocycles. The summed E-state index contributed by atoms with van der Waals surface area (Å²) in [5, 5.41) is 4.04. The third-order valence-electron chi connectivity index (χ3n) is 3.70. The largest absolute Gasteiger partial charge is 0.493 e. The maximum absolute atomic E-state index is 6.02. The van der Waals surface area contributed by atoms with E-state index in [1.165, 1.54) is 6.42 Å². The minimum atomic E-state index is 0.422. The van der Waals surface area contributed by atoms with Crippen molar-refractivity contribution in [2.24, 2.45) is 0 Å². The summed E-state index contributed by atoms with van der Waals surface area (Å²) in [4.78, 5) is 4.44. The van der Waals surface area contributed by atoms with Gasteiger partial charge < -0.3 is 19.7 Å². The molecule has 1 aromatic heterocycles. The standard InChI is InChI=1S/C14H17N3O3/c1-18-11-6-9(10(15)7-12(11)19-2)14-16-13(17-20-14)8-4-3-5-8/h6-8H,3-5,15H2,1-2H3. The Morgan fingerprint density at radius 2 is 1.90 bits per heavy atom. The van der Waals surface area contributed by atoms with Gasteiger partial charge in [-0.25, -0.2) is 0 Å². The smallest absolute Gasteiger partial charge is 0.260 e. The lowest BCUT2D eigenvalue weighted by molar-refractivity contribution is 0.354. The molecule has 0 amide bonds. The van der Waals surface area contributed by atoms with Crippen LogP contribution >= 0.6 is 0 Å². The summed E-state index contributed by atoms with van der Waals surface area (Å²) in [7, 11) is 3.14. The number of nitrogens with two attached hydrogens (primary N) is 1. The summed E-state index contributed by atoms with van der Waals surface area (Å²) in [6.45, 7) is 0. The van der Waals surface area contributed by atoms with Crippen molar-refractivity contribution in [2.75, 3.05) is 20.0 Å². The summed E-state index contributed by atoms with van der Waals surface area (Å²) in [5.74, 6) is 2.77. The van der Waals surface area contributed by atoms with Gasteiger partial charge in [0.2, 0.25) is 0 Å². The second-order valence-corrected chi connectivity index (χ2v) is 4.88. The van der Waals surface area contributed by atoms with Crippen molar-refractivity contribution < 1.29 is 14.0 Å². The van der Waals surface area contributed by atoms with Crippen LogP contribution in [0.3, 0.4) is 0 Å². The summed E-state index contributed by atoms with van der Waals surface area (Å²) in [6, 6.07) is 3.45. The van der Waals surface area contributed by atoms with Crippen molar-refractivity contribution in [1.82, 2.24) is 10.1 Å². The first-order chi connectivity index (χ1) is 9.72. The van der Waals surface area contributed by atoms with Gasteiger partial charge in [0.15, 0.2) is 17.3 Å². The predicted octanol–water partition coefficient (Wildman–Crippen LogP) is 2.60. The molecule has 6 nitrogen and oxygen atoms in total. The molecule has 1 aromatic carbocycles. The number of nitrogens with zero attached hydrogens (tertiary/aromatic N) is 2. The van der Waals surface area contributed by atoms with E-state index >= 15 is 0 Å². The maximum atomic E-state index is 6.02. The van der Waals surface area contributed by atoms with Crippen LogP contribution in [-0.4, -0.2) is 24.4 Å². The molecule has 0 atom stereocenters. The molecule has 106 valence electrons. The van der Waals surface area contributed by atoms with Crippen molar-refractivity contribution in [2.45, 2.75) is 25.2 Å². The van der Waals surface area contributed by atoms with E-state index in [0.29, 0.717) is 34.6 Å². The van der Waals surface area contributed by atoms with E-state index < -0.39 is 0 Å². The Hall–Kier alpha value is -2.24. The highest BCUT2D eigenvalue weighted by Gasteiger charge is 2.25. The number of aromatic nitrogens is 2. The van der Waals surface area contributed by atoms with E-state index in [4.69, 9.17) is 19.7 Å². The predicted molar refractivity (Wildman–Crippen MR) is 73.8 cm³/mol. The lowest BCUT2D eigenvalue weighted by atomic mass is 9.85. The molecule has 1 aliphatic rings. The van der Waals surface area contributed by atoms with E-state index in [1.807, 2.05) is 0 Å². The van der Waals surface area contributed by atoms with Gasteiger partial charge >= 0.3 is 0 Å². The Balaban J connectivity index is 1.98. The molecule has 0 bridgehead atoms. The normalized spacial score (nSPS) is 14.9.